The summed E-state index contributed by atoms with van der Waals surface area (Å²) < 4.78 is 27.9. The topological polar surface area (TPSA) is 90.0 Å². The van der Waals surface area contributed by atoms with Gasteiger partial charge in [0, 0.05) is 25.3 Å². The first kappa shape index (κ1) is 14.1. The van der Waals surface area contributed by atoms with Crippen molar-refractivity contribution in [3.05, 3.63) is 12.5 Å². The van der Waals surface area contributed by atoms with Crippen molar-refractivity contribution in [2.75, 3.05) is 6.54 Å². The van der Waals surface area contributed by atoms with Crippen LogP contribution in [0.2, 0.25) is 0 Å². The van der Waals surface area contributed by atoms with Crippen molar-refractivity contribution in [1.82, 2.24) is 14.3 Å². The van der Waals surface area contributed by atoms with Crippen molar-refractivity contribution in [2.24, 2.45) is 11.7 Å². The van der Waals surface area contributed by atoms with Crippen LogP contribution < -0.4 is 10.5 Å². The molecule has 1 aromatic rings. The van der Waals surface area contributed by atoms with E-state index in [9.17, 15) is 8.42 Å². The molecule has 0 saturated carbocycles. The minimum absolute atomic E-state index is 0.0402. The Bertz CT molecular complexity index is 453. The third kappa shape index (κ3) is 4.10. The van der Waals surface area contributed by atoms with Gasteiger partial charge in [-0.1, -0.05) is 13.8 Å². The highest BCUT2D eigenvalue weighted by molar-refractivity contribution is 7.89. The summed E-state index contributed by atoms with van der Waals surface area (Å²) in [6, 6.07) is -0.296. The minimum Gasteiger partial charge on any atom is -0.336 e. The van der Waals surface area contributed by atoms with Crippen LogP contribution in [0.4, 0.5) is 0 Å². The Morgan fingerprint density at radius 2 is 2.12 bits per heavy atom. The standard InChI is InChI=1S/C10H20N4O2S/c1-8(2)5-14-6-10(12-7-14)17(15,16)13-9(3)4-11/h6-9,13H,4-5,11H2,1-3H3/t9-/m0/s1. The summed E-state index contributed by atoms with van der Waals surface area (Å²) in [5, 5.41) is 0.0402. The third-order valence-electron chi connectivity index (χ3n) is 2.17. The van der Waals surface area contributed by atoms with Gasteiger partial charge < -0.3 is 10.3 Å². The van der Waals surface area contributed by atoms with Crippen molar-refractivity contribution >= 4 is 10.0 Å². The molecule has 7 heteroatoms. The first-order valence-corrected chi connectivity index (χ1v) is 7.07. The van der Waals surface area contributed by atoms with Gasteiger partial charge in [0.1, 0.15) is 0 Å². The lowest BCUT2D eigenvalue weighted by Gasteiger charge is -2.09. The van der Waals surface area contributed by atoms with Gasteiger partial charge >= 0.3 is 0 Å². The van der Waals surface area contributed by atoms with Crippen LogP contribution in [0.1, 0.15) is 20.8 Å². The maximum absolute atomic E-state index is 11.9. The molecule has 0 bridgehead atoms. The van der Waals surface area contributed by atoms with E-state index >= 15 is 0 Å². The Morgan fingerprint density at radius 1 is 1.47 bits per heavy atom. The van der Waals surface area contributed by atoms with E-state index in [1.165, 1.54) is 12.5 Å². The van der Waals surface area contributed by atoms with Crippen LogP contribution in [0, 0.1) is 5.92 Å². The quantitative estimate of drug-likeness (QED) is 0.762. The zero-order chi connectivity index (χ0) is 13.1. The predicted octanol–water partition coefficient (Wildman–Crippen LogP) is 0.165. The highest BCUT2D eigenvalue weighted by Gasteiger charge is 2.19. The lowest BCUT2D eigenvalue weighted by atomic mass is 10.2. The number of hydrogen-bond donors (Lipinski definition) is 2. The minimum atomic E-state index is -3.55. The number of rotatable bonds is 6. The Kier molecular flexibility index (Phi) is 4.67. The second kappa shape index (κ2) is 5.61. The van der Waals surface area contributed by atoms with Gasteiger partial charge in [-0.05, 0) is 12.8 Å². The molecule has 0 aliphatic carbocycles. The van der Waals surface area contributed by atoms with Crippen molar-refractivity contribution in [3.8, 4) is 0 Å². The number of nitrogens with one attached hydrogen (secondary N) is 1. The van der Waals surface area contributed by atoms with Crippen LogP contribution in [-0.2, 0) is 16.6 Å². The SMILES string of the molecule is CC(C)Cn1cnc(S(=O)(=O)N[C@@H](C)CN)c1. The van der Waals surface area contributed by atoms with Crippen LogP contribution in [0.5, 0.6) is 0 Å². The van der Waals surface area contributed by atoms with Gasteiger partial charge in [-0.2, -0.15) is 0 Å². The molecule has 0 amide bonds. The van der Waals surface area contributed by atoms with Crippen LogP contribution in [0.15, 0.2) is 17.6 Å². The number of hydrogen-bond acceptors (Lipinski definition) is 4. The number of sulfonamides is 1. The van der Waals surface area contributed by atoms with Gasteiger partial charge in [0.15, 0.2) is 5.03 Å². The van der Waals surface area contributed by atoms with Gasteiger partial charge in [0.05, 0.1) is 6.33 Å². The summed E-state index contributed by atoms with van der Waals surface area (Å²) in [6.07, 6.45) is 3.06. The summed E-state index contributed by atoms with van der Waals surface area (Å²) in [6.45, 7) is 6.83. The molecule has 3 N–H and O–H groups in total. The summed E-state index contributed by atoms with van der Waals surface area (Å²) in [7, 11) is -3.55. The van der Waals surface area contributed by atoms with E-state index in [1.54, 1.807) is 11.5 Å². The molecule has 0 spiro atoms. The van der Waals surface area contributed by atoms with Gasteiger partial charge in [-0.15, -0.1) is 0 Å². The highest BCUT2D eigenvalue weighted by Crippen LogP contribution is 2.07. The second-order valence-corrected chi connectivity index (χ2v) is 6.22. The predicted molar refractivity (Wildman–Crippen MR) is 65.9 cm³/mol. The Morgan fingerprint density at radius 3 is 2.65 bits per heavy atom. The van der Waals surface area contributed by atoms with Crippen molar-refractivity contribution in [3.63, 3.8) is 0 Å². The Hall–Kier alpha value is -0.920. The lowest BCUT2D eigenvalue weighted by Crippen LogP contribution is -2.37. The van der Waals surface area contributed by atoms with E-state index in [0.29, 0.717) is 5.92 Å². The van der Waals surface area contributed by atoms with E-state index in [1.807, 2.05) is 0 Å². The molecule has 0 unspecified atom stereocenters. The molecule has 0 aliphatic rings. The summed E-state index contributed by atoms with van der Waals surface area (Å²) >= 11 is 0. The van der Waals surface area contributed by atoms with E-state index in [2.05, 4.69) is 23.6 Å². The zero-order valence-corrected chi connectivity index (χ0v) is 11.2. The van der Waals surface area contributed by atoms with Crippen LogP contribution >= 0.6 is 0 Å². The van der Waals surface area contributed by atoms with Gasteiger partial charge in [-0.3, -0.25) is 0 Å². The number of nitrogens with two attached hydrogens (primary N) is 1. The lowest BCUT2D eigenvalue weighted by molar-refractivity contribution is 0.521. The van der Waals surface area contributed by atoms with E-state index < -0.39 is 10.0 Å². The fourth-order valence-electron chi connectivity index (χ4n) is 1.37. The maximum Gasteiger partial charge on any atom is 0.259 e. The Labute approximate surface area is 102 Å². The normalized spacial score (nSPS) is 14.2. The fraction of sp³-hybridized carbons (Fsp3) is 0.700. The second-order valence-electron chi connectivity index (χ2n) is 4.56. The molecule has 98 valence electrons. The van der Waals surface area contributed by atoms with Crippen LogP contribution in [-0.4, -0.2) is 30.6 Å². The van der Waals surface area contributed by atoms with E-state index in [-0.39, 0.29) is 17.6 Å². The molecule has 1 rings (SSSR count). The number of imidazole rings is 1. The molecule has 0 aliphatic heterocycles. The molecule has 0 radical (unpaired) electrons. The largest absolute Gasteiger partial charge is 0.336 e. The molecule has 0 fully saturated rings. The smallest absolute Gasteiger partial charge is 0.259 e. The molecular weight excluding hydrogens is 240 g/mol. The van der Waals surface area contributed by atoms with Crippen molar-refractivity contribution < 1.29 is 8.42 Å². The molecule has 1 atom stereocenters. The van der Waals surface area contributed by atoms with Crippen molar-refractivity contribution in [2.45, 2.75) is 38.4 Å². The fourth-order valence-corrected chi connectivity index (χ4v) is 2.58. The first-order valence-electron chi connectivity index (χ1n) is 5.59. The highest BCUT2D eigenvalue weighted by atomic mass is 32.2. The molecular formula is C10H20N4O2S. The van der Waals surface area contributed by atoms with Crippen molar-refractivity contribution in [1.29, 1.82) is 0 Å². The molecule has 6 nitrogen and oxygen atoms in total. The van der Waals surface area contributed by atoms with Crippen LogP contribution in [0.3, 0.4) is 0 Å². The Balaban J connectivity index is 2.82. The average Bonchev–Trinajstić information content (AvgIpc) is 2.65. The van der Waals surface area contributed by atoms with Gasteiger partial charge in [0.25, 0.3) is 10.0 Å². The molecule has 17 heavy (non-hydrogen) atoms. The summed E-state index contributed by atoms with van der Waals surface area (Å²) in [5.74, 6) is 0.440. The monoisotopic (exact) mass is 260 g/mol. The number of aromatic nitrogens is 2. The van der Waals surface area contributed by atoms with Crippen LogP contribution in [0.25, 0.3) is 0 Å². The average molecular weight is 260 g/mol. The summed E-state index contributed by atoms with van der Waals surface area (Å²) in [4.78, 5) is 3.90. The van der Waals surface area contributed by atoms with Gasteiger partial charge in [0.2, 0.25) is 0 Å². The van der Waals surface area contributed by atoms with E-state index in [4.69, 9.17) is 5.73 Å². The third-order valence-corrected chi connectivity index (χ3v) is 3.64. The molecule has 1 aromatic heterocycles. The number of nitrogens with zero attached hydrogens (tertiary/aromatic N) is 2. The molecule has 1 heterocycles. The molecule has 0 saturated heterocycles. The zero-order valence-electron chi connectivity index (χ0n) is 10.4. The summed E-state index contributed by atoms with van der Waals surface area (Å²) in [5.41, 5.74) is 5.38. The molecule has 0 aromatic carbocycles. The van der Waals surface area contributed by atoms with E-state index in [0.717, 1.165) is 6.54 Å². The maximum atomic E-state index is 11.9. The van der Waals surface area contributed by atoms with Gasteiger partial charge in [-0.25, -0.2) is 18.1 Å². The first-order chi connectivity index (χ1) is 7.85.